The highest BCUT2D eigenvalue weighted by Crippen LogP contribution is 2.44. The first-order valence-corrected chi connectivity index (χ1v) is 11.8. The molecule has 176 valence electrons. The van der Waals surface area contributed by atoms with E-state index in [1.165, 1.54) is 13.8 Å². The average Bonchev–Trinajstić information content (AvgIpc) is 2.54. The summed E-state index contributed by atoms with van der Waals surface area (Å²) < 4.78 is 139. The van der Waals surface area contributed by atoms with Gasteiger partial charge in [0.05, 0.1) is 12.6 Å². The largest absolute Gasteiger partial charge is 0.512 e. The molecule has 1 saturated heterocycles. The van der Waals surface area contributed by atoms with Gasteiger partial charge in [-0.3, -0.25) is 4.90 Å². The lowest BCUT2D eigenvalue weighted by molar-refractivity contribution is -0.136. The molecule has 18 heteroatoms. The molecule has 1 rings (SSSR count). The molecule has 1 fully saturated rings. The molecule has 0 bridgehead atoms. The van der Waals surface area contributed by atoms with Crippen LogP contribution >= 0.6 is 11.9 Å². The van der Waals surface area contributed by atoms with Crippen molar-refractivity contribution < 1.29 is 47.6 Å². The van der Waals surface area contributed by atoms with E-state index in [2.05, 4.69) is 0 Å². The van der Waals surface area contributed by atoms with E-state index in [1.54, 1.807) is 4.90 Å². The molecule has 2 unspecified atom stereocenters. The first-order valence-electron chi connectivity index (χ1n) is 7.89. The molecule has 0 spiro atoms. The van der Waals surface area contributed by atoms with E-state index in [9.17, 15) is 47.6 Å². The van der Waals surface area contributed by atoms with Gasteiger partial charge in [-0.05, 0) is 13.8 Å². The Morgan fingerprint density at radius 2 is 1.50 bits per heavy atom. The molecule has 1 aliphatic rings. The molecule has 0 saturated carbocycles. The number of sulfonamides is 2. The fourth-order valence-electron chi connectivity index (χ4n) is 2.56. The summed E-state index contributed by atoms with van der Waals surface area (Å²) in [5.74, 6) is -7.88. The predicted octanol–water partition coefficient (Wildman–Crippen LogP) is 1.55. The van der Waals surface area contributed by atoms with Crippen LogP contribution < -0.4 is 4.13 Å². The second-order valence-electron chi connectivity index (χ2n) is 6.46. The second kappa shape index (κ2) is 8.94. The van der Waals surface area contributed by atoms with Crippen LogP contribution in [0, 0.1) is 11.3 Å². The van der Waals surface area contributed by atoms with Crippen LogP contribution in [-0.4, -0.2) is 80.2 Å². The van der Waals surface area contributed by atoms with E-state index in [-0.39, 0.29) is 23.8 Å². The molecule has 0 amide bonds. The molecule has 1 N–H and O–H groups in total. The first-order chi connectivity index (χ1) is 13.3. The zero-order valence-corrected chi connectivity index (χ0v) is 17.8. The molecular formula is C12H17F7N4O4S3. The van der Waals surface area contributed by atoms with Gasteiger partial charge in [-0.2, -0.15) is 40.3 Å². The van der Waals surface area contributed by atoms with Crippen molar-refractivity contribution in [2.75, 3.05) is 25.4 Å². The maximum absolute atomic E-state index is 14.0. The van der Waals surface area contributed by atoms with Crippen molar-refractivity contribution in [1.82, 2.24) is 13.3 Å². The lowest BCUT2D eigenvalue weighted by Crippen LogP contribution is -2.59. The van der Waals surface area contributed by atoms with Crippen molar-refractivity contribution in [2.24, 2.45) is 0 Å². The highest BCUT2D eigenvalue weighted by Gasteiger charge is 2.61. The predicted molar refractivity (Wildman–Crippen MR) is 92.2 cm³/mol. The number of nitrogens with zero attached hydrogens (tertiary/aromatic N) is 3. The van der Waals surface area contributed by atoms with Gasteiger partial charge in [-0.1, -0.05) is 0 Å². The SMILES string of the molecule is CC1CN(S(=O)(=O)CC(F)(F)C(F)(F)SNS(=O)(=O)C(F)(F)F)CC(C)N1CC#N. The molecule has 8 nitrogen and oxygen atoms in total. The summed E-state index contributed by atoms with van der Waals surface area (Å²) in [6.07, 6.45) is 0. The molecule has 1 aliphatic heterocycles. The quantitative estimate of drug-likeness (QED) is 0.300. The Kier molecular flexibility index (Phi) is 8.09. The van der Waals surface area contributed by atoms with Gasteiger partial charge in [-0.25, -0.2) is 16.8 Å². The average molecular weight is 510 g/mol. The van der Waals surface area contributed by atoms with Crippen molar-refractivity contribution in [2.45, 2.75) is 42.6 Å². The van der Waals surface area contributed by atoms with Gasteiger partial charge in [0.1, 0.15) is 5.75 Å². The number of rotatable bonds is 8. The highest BCUT2D eigenvalue weighted by atomic mass is 32.3. The van der Waals surface area contributed by atoms with E-state index in [1.807, 2.05) is 6.07 Å². The number of hydrogen-bond donors (Lipinski definition) is 1. The van der Waals surface area contributed by atoms with Crippen molar-refractivity contribution in [3.8, 4) is 6.07 Å². The summed E-state index contributed by atoms with van der Waals surface area (Å²) in [4.78, 5) is 1.57. The van der Waals surface area contributed by atoms with Crippen LogP contribution in [0.2, 0.25) is 0 Å². The van der Waals surface area contributed by atoms with E-state index >= 15 is 0 Å². The lowest BCUT2D eigenvalue weighted by atomic mass is 10.1. The van der Waals surface area contributed by atoms with E-state index in [4.69, 9.17) is 5.26 Å². The van der Waals surface area contributed by atoms with Crippen molar-refractivity contribution >= 4 is 32.0 Å². The summed E-state index contributed by atoms with van der Waals surface area (Å²) in [5, 5.41) is 3.24. The summed E-state index contributed by atoms with van der Waals surface area (Å²) in [6.45, 7) is 2.13. The van der Waals surface area contributed by atoms with Crippen LogP contribution in [0.1, 0.15) is 13.8 Å². The highest BCUT2D eigenvalue weighted by molar-refractivity contribution is 8.10. The zero-order chi connectivity index (χ0) is 23.8. The Balaban J connectivity index is 2.97. The number of hydrogen-bond acceptors (Lipinski definition) is 7. The first kappa shape index (κ1) is 27.2. The maximum Gasteiger partial charge on any atom is 0.512 e. The minimum Gasteiger partial charge on any atom is -0.282 e. The summed E-state index contributed by atoms with van der Waals surface area (Å²) in [7, 11) is -11.4. The van der Waals surface area contributed by atoms with E-state index < -0.39 is 66.5 Å². The minimum absolute atomic E-state index is 0.0829. The van der Waals surface area contributed by atoms with Gasteiger partial charge in [0.25, 0.3) is 0 Å². The van der Waals surface area contributed by atoms with Gasteiger partial charge in [0.15, 0.2) is 0 Å². The standard InChI is InChI=1S/C12H17F7N4O4S3/c1-8-5-22(6-9(2)23(8)4-3-20)29(24,25)7-10(13,14)11(15,16)28-21-30(26,27)12(17,18)19/h8-9,21H,4-7H2,1-2H3. The molecule has 1 heterocycles. The molecule has 0 aromatic rings. The second-order valence-corrected chi connectivity index (χ2v) is 11.3. The minimum atomic E-state index is -6.37. The van der Waals surface area contributed by atoms with Gasteiger partial charge in [-0.15, -0.1) is 4.13 Å². The molecule has 0 aliphatic carbocycles. The molecule has 30 heavy (non-hydrogen) atoms. The monoisotopic (exact) mass is 510 g/mol. The zero-order valence-electron chi connectivity index (χ0n) is 15.3. The van der Waals surface area contributed by atoms with Crippen LogP contribution in [-0.2, 0) is 20.0 Å². The third-order valence-electron chi connectivity index (χ3n) is 4.09. The van der Waals surface area contributed by atoms with Crippen molar-refractivity contribution in [3.05, 3.63) is 0 Å². The Bertz CT molecular complexity index is 861. The third-order valence-corrected chi connectivity index (χ3v) is 8.28. The van der Waals surface area contributed by atoms with E-state index in [0.717, 1.165) is 0 Å². The van der Waals surface area contributed by atoms with Gasteiger partial charge >= 0.3 is 26.7 Å². The molecular weight excluding hydrogens is 493 g/mol. The Hall–Kier alpha value is -0.870. The van der Waals surface area contributed by atoms with Crippen LogP contribution in [0.3, 0.4) is 0 Å². The molecule has 2 atom stereocenters. The number of nitriles is 1. The Morgan fingerprint density at radius 1 is 1.03 bits per heavy atom. The van der Waals surface area contributed by atoms with Crippen LogP contribution in [0.5, 0.6) is 0 Å². The van der Waals surface area contributed by atoms with Crippen molar-refractivity contribution in [3.63, 3.8) is 0 Å². The normalized spacial score (nSPS) is 23.3. The van der Waals surface area contributed by atoms with Crippen molar-refractivity contribution in [1.29, 1.82) is 5.26 Å². The fourth-order valence-corrected chi connectivity index (χ4v) is 5.82. The third kappa shape index (κ3) is 6.09. The van der Waals surface area contributed by atoms with Crippen LogP contribution in [0.15, 0.2) is 0 Å². The topological polar surface area (TPSA) is 111 Å². The summed E-state index contributed by atoms with van der Waals surface area (Å²) in [5.41, 5.74) is -6.03. The fraction of sp³-hybridized carbons (Fsp3) is 0.917. The lowest BCUT2D eigenvalue weighted by Gasteiger charge is -2.43. The Labute approximate surface area is 172 Å². The molecule has 0 aromatic carbocycles. The Morgan fingerprint density at radius 3 is 1.90 bits per heavy atom. The number of alkyl halides is 7. The number of piperazine rings is 1. The molecule has 0 radical (unpaired) electrons. The summed E-state index contributed by atoms with van der Waals surface area (Å²) >= 11 is -1.75. The number of halogens is 7. The smallest absolute Gasteiger partial charge is 0.282 e. The van der Waals surface area contributed by atoms with E-state index in [0.29, 0.717) is 4.31 Å². The molecule has 0 aromatic heterocycles. The van der Waals surface area contributed by atoms with Gasteiger partial charge < -0.3 is 0 Å². The van der Waals surface area contributed by atoms with Gasteiger partial charge in [0.2, 0.25) is 10.0 Å². The van der Waals surface area contributed by atoms with Gasteiger partial charge in [0, 0.05) is 37.1 Å². The summed E-state index contributed by atoms with van der Waals surface area (Å²) in [6, 6.07) is 0.634. The van der Waals surface area contributed by atoms with Crippen LogP contribution in [0.4, 0.5) is 30.7 Å². The number of nitrogens with one attached hydrogen (secondary N) is 1. The van der Waals surface area contributed by atoms with Crippen LogP contribution in [0.25, 0.3) is 0 Å². The maximum atomic E-state index is 14.0.